The van der Waals surface area contributed by atoms with Crippen LogP contribution in [0.2, 0.25) is 0 Å². The average Bonchev–Trinajstić information content (AvgIpc) is 2.64. The van der Waals surface area contributed by atoms with E-state index in [1.807, 2.05) is 0 Å². The smallest absolute Gasteiger partial charge is 0.0383 e. The molecule has 0 aliphatic heterocycles. The second-order valence-electron chi connectivity index (χ2n) is 8.32. The van der Waals surface area contributed by atoms with Gasteiger partial charge in [0.2, 0.25) is 0 Å². The zero-order valence-corrected chi connectivity index (χ0v) is 14.5. The van der Waals surface area contributed by atoms with Crippen molar-refractivity contribution in [3.05, 3.63) is 0 Å². The van der Waals surface area contributed by atoms with Crippen LogP contribution in [0.3, 0.4) is 0 Å². The summed E-state index contributed by atoms with van der Waals surface area (Å²) in [6.45, 7) is 9.66. The van der Waals surface area contributed by atoms with Crippen LogP contribution in [0, 0.1) is 35.5 Å². The molecule has 2 bridgehead atoms. The molecule has 0 heteroatoms. The second-order valence-corrected chi connectivity index (χ2v) is 8.32. The van der Waals surface area contributed by atoms with E-state index in [2.05, 4.69) is 27.7 Å². The molecule has 3 aliphatic carbocycles. The lowest BCUT2D eigenvalue weighted by Crippen LogP contribution is -2.22. The fourth-order valence-electron chi connectivity index (χ4n) is 5.31. The molecule has 0 aromatic rings. The minimum absolute atomic E-state index is 1.01. The van der Waals surface area contributed by atoms with Gasteiger partial charge in [-0.2, -0.15) is 0 Å². The molecule has 118 valence electrons. The van der Waals surface area contributed by atoms with Crippen LogP contribution in [-0.2, 0) is 0 Å². The van der Waals surface area contributed by atoms with Crippen LogP contribution >= 0.6 is 0 Å². The van der Waals surface area contributed by atoms with Gasteiger partial charge >= 0.3 is 0 Å². The zero-order valence-electron chi connectivity index (χ0n) is 14.5. The molecule has 3 rings (SSSR count). The van der Waals surface area contributed by atoms with E-state index in [9.17, 15) is 0 Å². The molecule has 3 aliphatic rings. The summed E-state index contributed by atoms with van der Waals surface area (Å²) in [7, 11) is 0. The first kappa shape index (κ1) is 16.4. The minimum atomic E-state index is 1.01. The Balaban J connectivity index is 0.000000147. The normalized spacial score (nSPS) is 44.4. The predicted molar refractivity (Wildman–Crippen MR) is 89.8 cm³/mol. The van der Waals surface area contributed by atoms with Crippen molar-refractivity contribution in [3.63, 3.8) is 0 Å². The largest absolute Gasteiger partial charge is 0.0651 e. The lowest BCUT2D eigenvalue weighted by atomic mass is 9.75. The number of rotatable bonds is 1. The van der Waals surface area contributed by atoms with Crippen LogP contribution in [-0.4, -0.2) is 0 Å². The van der Waals surface area contributed by atoms with Crippen molar-refractivity contribution < 1.29 is 0 Å². The molecule has 0 heterocycles. The molecule has 0 radical (unpaired) electrons. The Morgan fingerprint density at radius 2 is 1.35 bits per heavy atom. The van der Waals surface area contributed by atoms with Crippen LogP contribution in [0.1, 0.15) is 91.9 Å². The fourth-order valence-corrected chi connectivity index (χ4v) is 5.31. The van der Waals surface area contributed by atoms with Crippen LogP contribution in [0.15, 0.2) is 0 Å². The first-order chi connectivity index (χ1) is 9.61. The Bertz CT molecular complexity index is 255. The third-order valence-corrected chi connectivity index (χ3v) is 6.87. The standard InChI is InChI=1S/C10H18.C10H20/c1-7-5-9-3-4-10(6-7)8(9)2;1-3-10-8-6-4-5-7-9(10)2/h7-10H,3-6H2,1-2H3;9-10H,3-8H2,1-2H3. The Morgan fingerprint density at radius 3 is 1.95 bits per heavy atom. The van der Waals surface area contributed by atoms with Crippen molar-refractivity contribution in [1.29, 1.82) is 0 Å². The highest BCUT2D eigenvalue weighted by molar-refractivity contribution is 4.88. The van der Waals surface area contributed by atoms with E-state index in [-0.39, 0.29) is 0 Å². The molecule has 20 heavy (non-hydrogen) atoms. The molecule has 0 nitrogen and oxygen atoms in total. The molecule has 3 saturated carbocycles. The zero-order chi connectivity index (χ0) is 14.5. The first-order valence-corrected chi connectivity index (χ1v) is 9.61. The summed E-state index contributed by atoms with van der Waals surface area (Å²) in [5.74, 6) is 6.36. The van der Waals surface area contributed by atoms with Crippen molar-refractivity contribution in [3.8, 4) is 0 Å². The van der Waals surface area contributed by atoms with Gasteiger partial charge in [-0.1, -0.05) is 66.2 Å². The second kappa shape index (κ2) is 7.85. The summed E-state index contributed by atoms with van der Waals surface area (Å²) >= 11 is 0. The Labute approximate surface area is 128 Å². The summed E-state index contributed by atoms with van der Waals surface area (Å²) in [4.78, 5) is 0. The highest BCUT2D eigenvalue weighted by Crippen LogP contribution is 2.48. The van der Waals surface area contributed by atoms with Crippen molar-refractivity contribution in [2.75, 3.05) is 0 Å². The summed E-state index contributed by atoms with van der Waals surface area (Å²) in [5.41, 5.74) is 0. The van der Waals surface area contributed by atoms with Gasteiger partial charge in [-0.3, -0.25) is 0 Å². The SMILES string of the molecule is CC1CC2CCC(C1)C2C.CCC1CCCCCC1C. The van der Waals surface area contributed by atoms with Gasteiger partial charge < -0.3 is 0 Å². The summed E-state index contributed by atoms with van der Waals surface area (Å²) < 4.78 is 0. The molecular weight excluding hydrogens is 240 g/mol. The van der Waals surface area contributed by atoms with Gasteiger partial charge in [0.15, 0.2) is 0 Å². The number of hydrogen-bond donors (Lipinski definition) is 0. The van der Waals surface area contributed by atoms with Crippen LogP contribution in [0.25, 0.3) is 0 Å². The van der Waals surface area contributed by atoms with E-state index >= 15 is 0 Å². The van der Waals surface area contributed by atoms with Crippen molar-refractivity contribution in [1.82, 2.24) is 0 Å². The van der Waals surface area contributed by atoms with Crippen LogP contribution in [0.5, 0.6) is 0 Å². The molecule has 0 amide bonds. The Hall–Kier alpha value is 0. The molecule has 4 atom stereocenters. The summed E-state index contributed by atoms with van der Waals surface area (Å²) in [6, 6.07) is 0. The molecule has 0 N–H and O–H groups in total. The van der Waals surface area contributed by atoms with Crippen LogP contribution in [0.4, 0.5) is 0 Å². The molecule has 4 unspecified atom stereocenters. The van der Waals surface area contributed by atoms with E-state index < -0.39 is 0 Å². The topological polar surface area (TPSA) is 0 Å². The Morgan fingerprint density at radius 1 is 0.750 bits per heavy atom. The third-order valence-electron chi connectivity index (χ3n) is 6.87. The van der Waals surface area contributed by atoms with E-state index in [0.717, 1.165) is 35.5 Å². The van der Waals surface area contributed by atoms with Crippen molar-refractivity contribution in [2.45, 2.75) is 91.9 Å². The highest BCUT2D eigenvalue weighted by atomic mass is 14.4. The first-order valence-electron chi connectivity index (χ1n) is 9.61. The molecule has 0 aromatic carbocycles. The average molecular weight is 279 g/mol. The van der Waals surface area contributed by atoms with Crippen LogP contribution < -0.4 is 0 Å². The quantitative estimate of drug-likeness (QED) is 0.469. The number of fused-ring (bicyclic) bond motifs is 2. The fraction of sp³-hybridized carbons (Fsp3) is 1.00. The number of hydrogen-bond acceptors (Lipinski definition) is 0. The van der Waals surface area contributed by atoms with Gasteiger partial charge in [0.1, 0.15) is 0 Å². The van der Waals surface area contributed by atoms with Gasteiger partial charge in [0.25, 0.3) is 0 Å². The molecular formula is C20H38. The minimum Gasteiger partial charge on any atom is -0.0651 e. The summed E-state index contributed by atoms with van der Waals surface area (Å²) in [5, 5.41) is 0. The van der Waals surface area contributed by atoms with E-state index in [1.165, 1.54) is 64.2 Å². The summed E-state index contributed by atoms with van der Waals surface area (Å²) in [6.07, 6.45) is 15.0. The Kier molecular flexibility index (Phi) is 6.43. The molecule has 0 spiro atoms. The van der Waals surface area contributed by atoms with Crippen molar-refractivity contribution in [2.24, 2.45) is 35.5 Å². The third kappa shape index (κ3) is 4.25. The maximum Gasteiger partial charge on any atom is -0.0383 e. The molecule has 0 aromatic heterocycles. The van der Waals surface area contributed by atoms with Gasteiger partial charge in [-0.15, -0.1) is 0 Å². The molecule has 0 saturated heterocycles. The predicted octanol–water partition coefficient (Wildman–Crippen LogP) is 6.69. The van der Waals surface area contributed by atoms with Gasteiger partial charge in [0, 0.05) is 0 Å². The lowest BCUT2D eigenvalue weighted by Gasteiger charge is -2.31. The molecule has 3 fully saturated rings. The maximum atomic E-state index is 2.47. The monoisotopic (exact) mass is 278 g/mol. The van der Waals surface area contributed by atoms with E-state index in [4.69, 9.17) is 0 Å². The van der Waals surface area contributed by atoms with Crippen molar-refractivity contribution >= 4 is 0 Å². The highest BCUT2D eigenvalue weighted by Gasteiger charge is 2.38. The van der Waals surface area contributed by atoms with E-state index in [0.29, 0.717) is 0 Å². The van der Waals surface area contributed by atoms with Gasteiger partial charge in [0.05, 0.1) is 0 Å². The van der Waals surface area contributed by atoms with Gasteiger partial charge in [-0.25, -0.2) is 0 Å². The maximum absolute atomic E-state index is 2.47. The van der Waals surface area contributed by atoms with E-state index in [1.54, 1.807) is 0 Å². The lowest BCUT2D eigenvalue weighted by molar-refractivity contribution is 0.194. The van der Waals surface area contributed by atoms with Gasteiger partial charge in [-0.05, 0) is 61.2 Å².